The van der Waals surface area contributed by atoms with Gasteiger partial charge in [-0.05, 0) is 84.3 Å². The van der Waals surface area contributed by atoms with Gasteiger partial charge in [-0.2, -0.15) is 0 Å². The van der Waals surface area contributed by atoms with E-state index in [2.05, 4.69) is 35.0 Å². The van der Waals surface area contributed by atoms with Crippen molar-refractivity contribution < 1.29 is 33.4 Å². The Morgan fingerprint density at radius 1 is 0.850 bits per heavy atom. The van der Waals surface area contributed by atoms with Crippen molar-refractivity contribution in [2.24, 2.45) is 29.6 Å². The first kappa shape index (κ1) is 52.8. The second-order valence-electron chi connectivity index (χ2n) is 18.5. The average molecular weight is 846 g/mol. The Labute approximate surface area is 362 Å². The van der Waals surface area contributed by atoms with Crippen molar-refractivity contribution in [2.45, 2.75) is 149 Å². The summed E-state index contributed by atoms with van der Waals surface area (Å²) in [4.78, 5) is 77.5. The van der Waals surface area contributed by atoms with Crippen molar-refractivity contribution in [3.05, 3.63) is 24.3 Å². The Morgan fingerprint density at radius 3 is 2.03 bits per heavy atom. The highest BCUT2D eigenvalue weighted by Gasteiger charge is 2.43. The number of carbonyl (C=O) groups excluding carboxylic acids is 5. The molecule has 14 heteroatoms. The van der Waals surface area contributed by atoms with Crippen molar-refractivity contribution in [2.75, 3.05) is 62.0 Å². The van der Waals surface area contributed by atoms with Gasteiger partial charge in [0.2, 0.25) is 29.5 Å². The Balaban J connectivity index is 2.30. The molecular formula is C46H83N7O7. The molecule has 344 valence electrons. The van der Waals surface area contributed by atoms with E-state index in [9.17, 15) is 24.0 Å². The summed E-state index contributed by atoms with van der Waals surface area (Å²) in [5, 5.41) is 9.13. The summed E-state index contributed by atoms with van der Waals surface area (Å²) in [6, 6.07) is -2.62. The topological polar surface area (TPSA) is 153 Å². The molecule has 10 atom stereocenters. The number of allylic oxidation sites excluding steroid dienone is 4. The maximum atomic E-state index is 14.4. The minimum absolute atomic E-state index is 0.0164. The highest BCUT2D eigenvalue weighted by atomic mass is 16.5. The van der Waals surface area contributed by atoms with Gasteiger partial charge < -0.3 is 40.1 Å². The summed E-state index contributed by atoms with van der Waals surface area (Å²) in [5.74, 6) is -1.84. The van der Waals surface area contributed by atoms with Crippen LogP contribution in [0.25, 0.3) is 0 Å². The van der Waals surface area contributed by atoms with E-state index < -0.39 is 42.3 Å². The SMILES string of the molecule is CC[C@H](C)[C@@H]([C@@H](CC(=O)N1CCC[C@H]1C(OC)[C@@H](C)C(=O)NC(CC1C=CC=CC1)C(=O)NCCN(C)C)OC)N(C)C(=O)[C@@H](NC(=O)C(C(C)C)N(C)C(C)C)C(C)C. The molecule has 0 aromatic heterocycles. The monoisotopic (exact) mass is 846 g/mol. The number of likely N-dealkylation sites (tertiary alicyclic amines) is 1. The van der Waals surface area contributed by atoms with Crippen molar-refractivity contribution in [1.82, 2.24) is 35.6 Å². The van der Waals surface area contributed by atoms with Gasteiger partial charge in [-0.3, -0.25) is 28.9 Å². The molecule has 1 aliphatic heterocycles. The number of ether oxygens (including phenoxy) is 2. The van der Waals surface area contributed by atoms with Gasteiger partial charge in [0, 0.05) is 46.9 Å². The normalized spacial score (nSPS) is 20.8. The van der Waals surface area contributed by atoms with E-state index in [-0.39, 0.29) is 71.7 Å². The Morgan fingerprint density at radius 2 is 1.52 bits per heavy atom. The molecule has 1 fully saturated rings. The number of amides is 5. The molecule has 1 aliphatic carbocycles. The summed E-state index contributed by atoms with van der Waals surface area (Å²) in [7, 11) is 10.7. The number of hydrogen-bond donors (Lipinski definition) is 3. The van der Waals surface area contributed by atoms with Crippen LogP contribution >= 0.6 is 0 Å². The standard InChI is InChI=1S/C46H83N7O7/c1-16-32(8)41(52(13)46(58)39(29(2)3)49-45(57)40(30(4)5)51(12)31(6)7)37(59-14)28-38(54)53-25-20-23-36(53)42(60-15)33(9)43(55)48-35(27-34-21-18-17-19-22-34)44(56)47-24-26-50(10)11/h17-19,21,29-37,39-42H,16,20,22-28H2,1-15H3,(H,47,56)(H,48,55)(H,49,57)/t32-,33+,34?,35?,36-,37+,39-,40?,41-,42?/m0/s1. The highest BCUT2D eigenvalue weighted by molar-refractivity contribution is 5.90. The first-order chi connectivity index (χ1) is 28.2. The molecule has 1 heterocycles. The number of rotatable bonds is 25. The van der Waals surface area contributed by atoms with Crippen LogP contribution in [0.15, 0.2) is 24.3 Å². The molecule has 0 spiro atoms. The lowest BCUT2D eigenvalue weighted by Crippen LogP contribution is -2.60. The molecule has 0 aromatic rings. The van der Waals surface area contributed by atoms with Crippen LogP contribution < -0.4 is 16.0 Å². The lowest BCUT2D eigenvalue weighted by Gasteiger charge is -2.41. The van der Waals surface area contributed by atoms with Gasteiger partial charge in [0.05, 0.1) is 42.7 Å². The van der Waals surface area contributed by atoms with Crippen LogP contribution in [0.3, 0.4) is 0 Å². The van der Waals surface area contributed by atoms with E-state index in [1.807, 2.05) is 91.6 Å². The van der Waals surface area contributed by atoms with Crippen LogP contribution in [0, 0.1) is 29.6 Å². The minimum atomic E-state index is -0.776. The first-order valence-corrected chi connectivity index (χ1v) is 22.4. The number of nitrogens with zero attached hydrogens (tertiary/aromatic N) is 4. The maximum absolute atomic E-state index is 14.4. The zero-order valence-corrected chi connectivity index (χ0v) is 39.8. The van der Waals surface area contributed by atoms with Crippen molar-refractivity contribution in [3.8, 4) is 0 Å². The minimum Gasteiger partial charge on any atom is -0.379 e. The number of hydrogen-bond acceptors (Lipinski definition) is 9. The predicted octanol–water partition coefficient (Wildman–Crippen LogP) is 4.10. The predicted molar refractivity (Wildman–Crippen MR) is 239 cm³/mol. The van der Waals surface area contributed by atoms with Gasteiger partial charge in [-0.15, -0.1) is 0 Å². The van der Waals surface area contributed by atoms with Crippen LogP contribution in [-0.2, 0) is 33.4 Å². The largest absolute Gasteiger partial charge is 0.379 e. The van der Waals surface area contributed by atoms with E-state index in [1.165, 1.54) is 0 Å². The molecule has 0 saturated carbocycles. The average Bonchev–Trinajstić information content (AvgIpc) is 3.68. The fourth-order valence-corrected chi connectivity index (χ4v) is 8.73. The second kappa shape index (κ2) is 25.6. The fraction of sp³-hybridized carbons (Fsp3) is 0.804. The van der Waals surface area contributed by atoms with Gasteiger partial charge in [0.25, 0.3) is 0 Å². The van der Waals surface area contributed by atoms with E-state index in [0.717, 1.165) is 19.3 Å². The molecule has 2 aliphatic rings. The molecule has 4 unspecified atom stereocenters. The van der Waals surface area contributed by atoms with Gasteiger partial charge >= 0.3 is 0 Å². The smallest absolute Gasteiger partial charge is 0.245 e. The summed E-state index contributed by atoms with van der Waals surface area (Å²) in [6.07, 6.45) is 10.2. The van der Waals surface area contributed by atoms with Gasteiger partial charge in [-0.25, -0.2) is 0 Å². The van der Waals surface area contributed by atoms with Gasteiger partial charge in [-0.1, -0.05) is 79.2 Å². The third-order valence-electron chi connectivity index (χ3n) is 12.7. The summed E-state index contributed by atoms with van der Waals surface area (Å²) >= 11 is 0. The van der Waals surface area contributed by atoms with E-state index in [0.29, 0.717) is 32.5 Å². The van der Waals surface area contributed by atoms with E-state index >= 15 is 0 Å². The molecule has 60 heavy (non-hydrogen) atoms. The Bertz CT molecular complexity index is 1440. The number of likely N-dealkylation sites (N-methyl/N-ethyl adjacent to an activating group) is 3. The van der Waals surface area contributed by atoms with E-state index in [4.69, 9.17) is 9.47 Å². The second-order valence-corrected chi connectivity index (χ2v) is 18.5. The van der Waals surface area contributed by atoms with Crippen molar-refractivity contribution in [1.29, 1.82) is 0 Å². The summed E-state index contributed by atoms with van der Waals surface area (Å²) in [5.41, 5.74) is 0. The molecular weight excluding hydrogens is 763 g/mol. The summed E-state index contributed by atoms with van der Waals surface area (Å²) in [6.45, 7) is 19.5. The third-order valence-corrected chi connectivity index (χ3v) is 12.7. The molecule has 5 amide bonds. The lowest BCUT2D eigenvalue weighted by atomic mass is 9.89. The molecule has 3 N–H and O–H groups in total. The van der Waals surface area contributed by atoms with E-state index in [1.54, 1.807) is 38.0 Å². The van der Waals surface area contributed by atoms with Gasteiger partial charge in [0.1, 0.15) is 12.1 Å². The van der Waals surface area contributed by atoms with Crippen LogP contribution in [0.1, 0.15) is 101 Å². The number of carbonyl (C=O) groups is 5. The lowest BCUT2D eigenvalue weighted by molar-refractivity contribution is -0.148. The highest BCUT2D eigenvalue weighted by Crippen LogP contribution is 2.30. The number of nitrogens with one attached hydrogen (secondary N) is 3. The van der Waals surface area contributed by atoms with Crippen molar-refractivity contribution in [3.63, 3.8) is 0 Å². The maximum Gasteiger partial charge on any atom is 0.245 e. The van der Waals surface area contributed by atoms with Gasteiger partial charge in [0.15, 0.2) is 0 Å². The van der Waals surface area contributed by atoms with Crippen LogP contribution in [0.5, 0.6) is 0 Å². The molecule has 0 aromatic carbocycles. The first-order valence-electron chi connectivity index (χ1n) is 22.4. The fourth-order valence-electron chi connectivity index (χ4n) is 8.73. The molecule has 0 radical (unpaired) electrons. The number of methoxy groups -OCH3 is 2. The van der Waals surface area contributed by atoms with Crippen LogP contribution in [-0.4, -0.2) is 160 Å². The molecule has 14 nitrogen and oxygen atoms in total. The quantitative estimate of drug-likeness (QED) is 0.123. The summed E-state index contributed by atoms with van der Waals surface area (Å²) < 4.78 is 12.1. The van der Waals surface area contributed by atoms with Crippen molar-refractivity contribution >= 4 is 29.5 Å². The van der Waals surface area contributed by atoms with Crippen LogP contribution in [0.2, 0.25) is 0 Å². The Hall–Kier alpha value is -3.33. The molecule has 0 bridgehead atoms. The Kier molecular flexibility index (Phi) is 22.5. The van der Waals surface area contributed by atoms with Crippen LogP contribution in [0.4, 0.5) is 0 Å². The molecule has 1 saturated heterocycles. The zero-order valence-electron chi connectivity index (χ0n) is 39.8. The zero-order chi connectivity index (χ0) is 45.4. The third kappa shape index (κ3) is 14.9. The molecule has 2 rings (SSSR count).